The number of carboxylic acid groups (broad SMARTS) is 1. The highest BCUT2D eigenvalue weighted by Crippen LogP contribution is 2.61. The van der Waals surface area contributed by atoms with Gasteiger partial charge in [0.25, 0.3) is 59.9 Å². The van der Waals surface area contributed by atoms with Gasteiger partial charge in [-0.25, -0.2) is 31.1 Å². The molecular weight excluding hydrogens is 1960 g/mol. The van der Waals surface area contributed by atoms with Gasteiger partial charge in [0, 0.05) is 24.0 Å². The van der Waals surface area contributed by atoms with Gasteiger partial charge >= 0.3 is 92.1 Å². The Hall–Kier alpha value is -12.6. The summed E-state index contributed by atoms with van der Waals surface area (Å²) in [5, 5.41) is -5.03. The second-order valence-corrected chi connectivity index (χ2v) is 28.3. The summed E-state index contributed by atoms with van der Waals surface area (Å²) in [4.78, 5) is 21.4. The van der Waals surface area contributed by atoms with Crippen LogP contribution in [0.15, 0.2) is 56.9 Å². The van der Waals surface area contributed by atoms with Crippen molar-refractivity contribution in [1.29, 1.82) is 5.26 Å². The van der Waals surface area contributed by atoms with Crippen LogP contribution in [0.2, 0.25) is 0 Å². The highest BCUT2D eigenvalue weighted by Gasteiger charge is 2.68. The van der Waals surface area contributed by atoms with E-state index in [0.717, 1.165) is 6.07 Å². The fraction of sp³-hybridized carbons (Fsp3) is 0.328. The van der Waals surface area contributed by atoms with Gasteiger partial charge < -0.3 is 43.4 Å². The quantitative estimate of drug-likeness (QED) is 0.0406. The van der Waals surface area contributed by atoms with Crippen LogP contribution in [0, 0.1) is 46.2 Å². The first-order valence-electron chi connectivity index (χ1n) is 33.6. The van der Waals surface area contributed by atoms with E-state index in [1.165, 1.54) is 10.9 Å². The number of amidine groups is 3. The van der Waals surface area contributed by atoms with Gasteiger partial charge in [-0.1, -0.05) is 9.37 Å². The molecule has 3 N–H and O–H groups in total. The van der Waals surface area contributed by atoms with Crippen molar-refractivity contribution in [1.82, 2.24) is 14.7 Å². The number of nitrogens with one attached hydrogen (secondary N) is 2. The summed E-state index contributed by atoms with van der Waals surface area (Å²) in [5.74, 6) is -54.7. The van der Waals surface area contributed by atoms with Crippen molar-refractivity contribution >= 4 is 106 Å². The average Bonchev–Trinajstić information content (AvgIpc) is 1.51. The van der Waals surface area contributed by atoms with Crippen LogP contribution in [0.1, 0.15) is 38.9 Å². The van der Waals surface area contributed by atoms with E-state index in [1.807, 2.05) is 0 Å². The molecule has 1 unspecified atom stereocenters. The number of thiophene rings is 1. The van der Waals surface area contributed by atoms with Crippen LogP contribution < -0.4 is 50.2 Å². The van der Waals surface area contributed by atoms with E-state index < -0.39 is 402 Å². The van der Waals surface area contributed by atoms with Gasteiger partial charge in [0.1, 0.15) is 104 Å². The van der Waals surface area contributed by atoms with Crippen LogP contribution in [-0.4, -0.2) is 158 Å². The monoisotopic (exact) mass is 1980 g/mol. The molecule has 7 heterocycles. The van der Waals surface area contributed by atoms with Crippen molar-refractivity contribution in [3.8, 4) is 40.6 Å². The first-order valence-corrected chi connectivity index (χ1v) is 34.4. The second kappa shape index (κ2) is 30.2. The van der Waals surface area contributed by atoms with Crippen LogP contribution in [0.4, 0.5) is 209 Å². The van der Waals surface area contributed by atoms with Crippen LogP contribution >= 0.6 is 11.3 Å². The third kappa shape index (κ3) is 16.2. The number of rotatable bonds is 14. The Morgan fingerprint density at radius 3 is 1.08 bits per heavy atom. The topological polar surface area (TPSA) is 193 Å². The molecule has 4 aliphatic heterocycles. The van der Waals surface area contributed by atoms with Gasteiger partial charge in [0.15, 0.2) is 11.3 Å². The summed E-state index contributed by atoms with van der Waals surface area (Å²) in [6.45, 7) is 0. The molecule has 0 aliphatic carbocycles. The molecule has 1 atom stereocenters. The number of hydrogen-bond donors (Lipinski definition) is 3. The molecule has 708 valence electrons. The number of carboxylic acids is 1. The zero-order valence-corrected chi connectivity index (χ0v) is 61.7. The lowest BCUT2D eigenvalue weighted by Crippen LogP contribution is -2.48. The molecule has 0 saturated carbocycles. The normalized spacial score (nSPS) is 16.0. The number of aromatic nitrogens is 2. The van der Waals surface area contributed by atoms with Crippen molar-refractivity contribution in [2.24, 2.45) is 29.1 Å². The highest BCUT2D eigenvalue weighted by atomic mass is 32.1. The summed E-state index contributed by atoms with van der Waals surface area (Å²) in [5.41, 5.74) is -20.0. The van der Waals surface area contributed by atoms with E-state index in [9.17, 15) is 15.2 Å². The summed E-state index contributed by atoms with van der Waals surface area (Å²) < 4.78 is 732. The lowest BCUT2D eigenvalue weighted by molar-refractivity contribution is -0.786. The van der Waals surface area contributed by atoms with E-state index in [2.05, 4.69) is 43.4 Å². The first kappa shape index (κ1) is 96.0. The van der Waals surface area contributed by atoms with Gasteiger partial charge in [0.2, 0.25) is 0 Å². The molecule has 18 nitrogen and oxygen atoms in total. The number of nitrogens with zero attached hydrogens (tertiary/aromatic N) is 8. The summed E-state index contributed by atoms with van der Waals surface area (Å²) in [7, 11) is -0.360. The van der Waals surface area contributed by atoms with Crippen molar-refractivity contribution in [2.75, 3.05) is 5.32 Å². The lowest BCUT2D eigenvalue weighted by atomic mass is 9.95. The molecule has 0 radical (unpaired) electrons. The maximum atomic E-state index is 17.6. The number of ether oxygens (including phenoxy) is 6. The van der Waals surface area contributed by atoms with Crippen LogP contribution in [0.3, 0.4) is 0 Å². The van der Waals surface area contributed by atoms with Crippen molar-refractivity contribution in [3.05, 3.63) is 121 Å². The molecule has 4 aliphatic rings. The maximum Gasteiger partial charge on any atom is 0.434 e. The molecule has 3 aromatic heterocycles. The smallest absolute Gasteiger partial charge is 0.434 e. The van der Waals surface area contributed by atoms with Crippen LogP contribution in [0.5, 0.6) is 34.5 Å². The number of aliphatic carboxylic acids is 1. The van der Waals surface area contributed by atoms with E-state index in [0.29, 0.717) is 0 Å². The number of halogens is 45. The number of fused-ring (bicyclic) bond motifs is 19. The molecule has 0 amide bonds. The van der Waals surface area contributed by atoms with E-state index in [4.69, 9.17) is 0 Å². The Kier molecular flexibility index (Phi) is 22.2. The number of benzene rings is 6. The Balaban J connectivity index is 1.49. The summed E-state index contributed by atoms with van der Waals surface area (Å²) in [6.07, 6.45) is -137. The number of carbonyl (C=O) groups is 1. The number of hydrazone groups is 2. The summed E-state index contributed by atoms with van der Waals surface area (Å²) >= 11 is -0.885. The van der Waals surface area contributed by atoms with Gasteiger partial charge in [0.05, 0.1) is 64.3 Å². The zero-order chi connectivity index (χ0) is 98.4. The number of hydrogen-bond acceptors (Lipinski definition) is 14. The Labute approximate surface area is 688 Å². The molecule has 9 aromatic rings. The third-order valence-corrected chi connectivity index (χ3v) is 19.9. The van der Waals surface area contributed by atoms with Crippen LogP contribution in [-0.2, 0) is 25.1 Å². The maximum absolute atomic E-state index is 17.6. The SMILES string of the molecule is Cn1c2c3c(OC(C(F)(F)F)C(F)(F)F)c4c(F)ccc(F)c4c(OC(C(F)(F)F)C(F)(F)F)c3c1NC1c3c(c(OC(C(F)(F)F)C(F)(F)F)c4c(F)ccc(F)c4c3OC(C(F)(F)F)C(F)(F)F)C3=[N+]1N[N+]1=C(N=c4c5sc(C=C(C#N)C(=O)O)c(C(F)(F)F)c5c(n4C)=N3)c3c(c(OC(C(F)(F)F)C(F)(F)F)c4c(F)ccc(F)c4c3OC(C(F)(F)F)C(F)(F)F)C1=N2. The Morgan fingerprint density at radius 2 is 0.733 bits per heavy atom. The molecule has 13 rings (SSSR count). The summed E-state index contributed by atoms with van der Waals surface area (Å²) in [6, 6.07) is -3.17. The number of aliphatic imine (C=N–C) groups is 1. The molecule has 0 saturated heterocycles. The van der Waals surface area contributed by atoms with E-state index >= 15 is 198 Å². The fourth-order valence-corrected chi connectivity index (χ4v) is 15.2. The Morgan fingerprint density at radius 1 is 0.420 bits per heavy atom. The van der Waals surface area contributed by atoms with Gasteiger partial charge in [-0.3, -0.25) is 4.57 Å². The van der Waals surface area contributed by atoms with Gasteiger partial charge in [-0.15, -0.1) is 11.3 Å². The highest BCUT2D eigenvalue weighted by molar-refractivity contribution is 7.20. The van der Waals surface area contributed by atoms with Crippen molar-refractivity contribution in [2.45, 2.75) is 123 Å². The largest absolute Gasteiger partial charge is 0.477 e. The molecule has 6 aromatic carbocycles. The minimum Gasteiger partial charge on any atom is -0.477 e. The molecule has 0 spiro atoms. The number of nitriles is 1. The standard InChI is InChI=1S/C67H21F45N10O8S/c1-119-40-25-26(34(126-50(58(83,84)85)59(86,87)88)20-13(69)4-3-12(68)19(20)33(25)125-49(56(77,78)79)57(80,81)82)41(119)115-44-29-30(38(130-54(66(107,108)109)67(110,111)112)24-17(73)8-7-16(72)23(24)37(29)129-53(64(101,102)103)65(104,105)106)46-117-47-39-31(32(55(74,75)76)18(131-39)9-11(10-113)48(123)124)42(120(47)2)116-45-28-27(43(114-40)121(45)118-122(44)46)35(127-51(60(89,90)91)61(92,93)94)21-14(70)5-6-15(71)22(21)36(28)128-52(62(95,96)97)63(98,99)100/h3-9,43,49-54H,1-2H3,(H-,114,117,118,123,124)/p+2. The predicted octanol–water partition coefficient (Wildman–Crippen LogP) is 20.4. The van der Waals surface area contributed by atoms with Crippen molar-refractivity contribution < 1.29 is 245 Å². The number of hydrazine groups is 2. The zero-order valence-electron chi connectivity index (χ0n) is 60.9. The number of alkyl halides is 39. The molecule has 6 bridgehead atoms. The van der Waals surface area contributed by atoms with Crippen molar-refractivity contribution in [3.63, 3.8) is 0 Å². The minimum absolute atomic E-state index is 0.0137. The molecule has 131 heavy (non-hydrogen) atoms. The predicted molar refractivity (Wildman–Crippen MR) is 341 cm³/mol. The molecular formula is C67H23F45N10O8S+2. The van der Waals surface area contributed by atoms with Gasteiger partial charge in [-0.2, -0.15) is 186 Å². The molecule has 0 fully saturated rings. The molecule has 64 heteroatoms. The van der Waals surface area contributed by atoms with E-state index in [-0.39, 0.29) is 14.1 Å². The van der Waals surface area contributed by atoms with Gasteiger partial charge in [-0.05, 0) is 48.0 Å². The Bertz CT molecular complexity index is 6590. The minimum atomic E-state index is -7.47. The second-order valence-electron chi connectivity index (χ2n) is 27.2. The lowest BCUT2D eigenvalue weighted by Gasteiger charge is -2.29. The third-order valence-electron chi connectivity index (χ3n) is 18.8. The first-order chi connectivity index (χ1) is 59.4. The number of anilines is 1. The van der Waals surface area contributed by atoms with Crippen LogP contribution in [0.25, 0.3) is 59.3 Å². The fourth-order valence-electron chi connectivity index (χ4n) is 13.9. The van der Waals surface area contributed by atoms with E-state index in [1.54, 1.807) is 0 Å². The average molecular weight is 1980 g/mol.